The molecule has 0 N–H and O–H groups in total. The second-order valence-electron chi connectivity index (χ2n) is 8.77. The van der Waals surface area contributed by atoms with Crippen molar-refractivity contribution in [3.63, 3.8) is 0 Å². The SMILES string of the molecule is CN(Cc1ncc(C(C)(C)C)o1)C[C@@H]1CCCN(C)[C@H]1c1ccnn1C. The monoisotopic (exact) mass is 359 g/mol. The van der Waals surface area contributed by atoms with Gasteiger partial charge in [-0.15, -0.1) is 0 Å². The Balaban J connectivity index is 1.68. The zero-order valence-corrected chi connectivity index (χ0v) is 17.1. The van der Waals surface area contributed by atoms with Gasteiger partial charge in [0.2, 0.25) is 5.89 Å². The molecule has 1 saturated heterocycles. The van der Waals surface area contributed by atoms with Crippen molar-refractivity contribution in [2.24, 2.45) is 13.0 Å². The molecular formula is C20H33N5O. The topological polar surface area (TPSA) is 50.3 Å². The third kappa shape index (κ3) is 4.18. The maximum Gasteiger partial charge on any atom is 0.208 e. The van der Waals surface area contributed by atoms with Gasteiger partial charge in [-0.3, -0.25) is 14.5 Å². The van der Waals surface area contributed by atoms with Gasteiger partial charge in [0, 0.05) is 25.2 Å². The van der Waals surface area contributed by atoms with Gasteiger partial charge in [-0.25, -0.2) is 4.98 Å². The van der Waals surface area contributed by atoms with Crippen LogP contribution in [0.4, 0.5) is 0 Å². The Morgan fingerprint density at radius 1 is 1.31 bits per heavy atom. The Kier molecular flexibility index (Phi) is 5.53. The maximum atomic E-state index is 5.97. The third-order valence-electron chi connectivity index (χ3n) is 5.41. The van der Waals surface area contributed by atoms with Gasteiger partial charge in [-0.2, -0.15) is 5.10 Å². The summed E-state index contributed by atoms with van der Waals surface area (Å²) in [6.45, 7) is 9.36. The first-order valence-electron chi connectivity index (χ1n) is 9.57. The number of oxazole rings is 1. The summed E-state index contributed by atoms with van der Waals surface area (Å²) in [6.07, 6.45) is 6.26. The van der Waals surface area contributed by atoms with Crippen LogP contribution in [0.5, 0.6) is 0 Å². The molecule has 1 aliphatic rings. The van der Waals surface area contributed by atoms with Gasteiger partial charge >= 0.3 is 0 Å². The second kappa shape index (κ2) is 7.53. The largest absolute Gasteiger partial charge is 0.444 e. The molecule has 3 heterocycles. The van der Waals surface area contributed by atoms with E-state index < -0.39 is 0 Å². The molecule has 6 nitrogen and oxygen atoms in total. The number of piperidine rings is 1. The van der Waals surface area contributed by atoms with Gasteiger partial charge in [0.05, 0.1) is 24.5 Å². The summed E-state index contributed by atoms with van der Waals surface area (Å²) in [7, 11) is 6.43. The van der Waals surface area contributed by atoms with Crippen LogP contribution in [0.3, 0.4) is 0 Å². The van der Waals surface area contributed by atoms with E-state index in [1.54, 1.807) is 0 Å². The lowest BCUT2D eigenvalue weighted by Crippen LogP contribution is -2.41. The van der Waals surface area contributed by atoms with Crippen LogP contribution in [0.1, 0.15) is 57.0 Å². The van der Waals surface area contributed by atoms with Gasteiger partial charge in [0.1, 0.15) is 5.76 Å². The molecule has 0 amide bonds. The van der Waals surface area contributed by atoms with Gasteiger partial charge in [0.25, 0.3) is 0 Å². The van der Waals surface area contributed by atoms with E-state index in [0.29, 0.717) is 12.0 Å². The third-order valence-corrected chi connectivity index (χ3v) is 5.41. The van der Waals surface area contributed by atoms with Crippen LogP contribution in [-0.4, -0.2) is 51.7 Å². The van der Waals surface area contributed by atoms with Crippen LogP contribution in [-0.2, 0) is 19.0 Å². The average Bonchev–Trinajstić information content (AvgIpc) is 3.16. The quantitative estimate of drug-likeness (QED) is 0.820. The molecule has 1 aliphatic heterocycles. The van der Waals surface area contributed by atoms with E-state index in [0.717, 1.165) is 31.3 Å². The minimum atomic E-state index is 0.000527. The summed E-state index contributed by atoms with van der Waals surface area (Å²) in [4.78, 5) is 9.29. The van der Waals surface area contributed by atoms with E-state index in [1.165, 1.54) is 18.5 Å². The summed E-state index contributed by atoms with van der Waals surface area (Å²) in [5.74, 6) is 2.33. The normalized spacial score (nSPS) is 22.3. The van der Waals surface area contributed by atoms with Crippen LogP contribution >= 0.6 is 0 Å². The molecule has 1 fully saturated rings. The number of hydrogen-bond acceptors (Lipinski definition) is 5. The molecule has 0 spiro atoms. The highest BCUT2D eigenvalue weighted by Gasteiger charge is 2.33. The van der Waals surface area contributed by atoms with Crippen molar-refractivity contribution in [3.05, 3.63) is 35.8 Å². The molecule has 0 bridgehead atoms. The molecule has 0 saturated carbocycles. The van der Waals surface area contributed by atoms with Crippen LogP contribution in [0.15, 0.2) is 22.9 Å². The zero-order chi connectivity index (χ0) is 18.9. The van der Waals surface area contributed by atoms with E-state index in [4.69, 9.17) is 4.42 Å². The number of aryl methyl sites for hydroxylation is 1. The molecule has 2 atom stereocenters. The van der Waals surface area contributed by atoms with Gasteiger partial charge < -0.3 is 4.42 Å². The van der Waals surface area contributed by atoms with Crippen molar-refractivity contribution in [2.45, 2.75) is 51.6 Å². The first kappa shape index (κ1) is 19.1. The Morgan fingerprint density at radius 3 is 2.69 bits per heavy atom. The van der Waals surface area contributed by atoms with E-state index >= 15 is 0 Å². The Morgan fingerprint density at radius 2 is 2.08 bits per heavy atom. The first-order chi connectivity index (χ1) is 12.3. The first-order valence-corrected chi connectivity index (χ1v) is 9.57. The molecule has 0 unspecified atom stereocenters. The predicted molar refractivity (Wildman–Crippen MR) is 103 cm³/mol. The number of nitrogens with zero attached hydrogens (tertiary/aromatic N) is 5. The van der Waals surface area contributed by atoms with Gasteiger partial charge in [-0.05, 0) is 45.5 Å². The van der Waals surface area contributed by atoms with E-state index in [-0.39, 0.29) is 5.41 Å². The fraction of sp³-hybridized carbons (Fsp3) is 0.700. The molecule has 144 valence electrons. The van der Waals surface area contributed by atoms with Crippen molar-refractivity contribution >= 4 is 0 Å². The molecule has 2 aromatic rings. The highest BCUT2D eigenvalue weighted by molar-refractivity contribution is 5.10. The van der Waals surface area contributed by atoms with Gasteiger partial charge in [0.15, 0.2) is 0 Å². The zero-order valence-electron chi connectivity index (χ0n) is 17.1. The number of hydrogen-bond donors (Lipinski definition) is 0. The Hall–Kier alpha value is -1.66. The summed E-state index contributed by atoms with van der Waals surface area (Å²) in [5, 5.41) is 4.38. The van der Waals surface area contributed by atoms with Crippen molar-refractivity contribution in [1.82, 2.24) is 24.6 Å². The fourth-order valence-corrected chi connectivity index (χ4v) is 4.02. The smallest absolute Gasteiger partial charge is 0.208 e. The lowest BCUT2D eigenvalue weighted by Gasteiger charge is -2.40. The summed E-state index contributed by atoms with van der Waals surface area (Å²) < 4.78 is 7.99. The Labute approximate surface area is 157 Å². The maximum absolute atomic E-state index is 5.97. The van der Waals surface area contributed by atoms with E-state index in [2.05, 4.69) is 60.8 Å². The lowest BCUT2D eigenvalue weighted by atomic mass is 9.87. The van der Waals surface area contributed by atoms with Crippen molar-refractivity contribution in [3.8, 4) is 0 Å². The fourth-order valence-electron chi connectivity index (χ4n) is 4.02. The molecule has 0 radical (unpaired) electrons. The van der Waals surface area contributed by atoms with E-state index in [1.807, 2.05) is 24.1 Å². The van der Waals surface area contributed by atoms with Crippen LogP contribution in [0.25, 0.3) is 0 Å². The molecule has 2 aromatic heterocycles. The standard InChI is InChI=1S/C20H33N5O/c1-20(2,3)17-12-21-18(26-17)14-23(4)13-15-8-7-11-24(5)19(15)16-9-10-22-25(16)6/h9-10,12,15,19H,7-8,11,13-14H2,1-6H3/t15-,19+/m0/s1. The van der Waals surface area contributed by atoms with Crippen molar-refractivity contribution in [2.75, 3.05) is 27.2 Å². The van der Waals surface area contributed by atoms with Gasteiger partial charge in [-0.1, -0.05) is 20.8 Å². The second-order valence-corrected chi connectivity index (χ2v) is 8.77. The highest BCUT2D eigenvalue weighted by atomic mass is 16.4. The molecule has 6 heteroatoms. The number of rotatable bonds is 5. The molecule has 0 aromatic carbocycles. The van der Waals surface area contributed by atoms with Crippen LogP contribution in [0, 0.1) is 5.92 Å². The summed E-state index contributed by atoms with van der Waals surface area (Å²) >= 11 is 0. The lowest BCUT2D eigenvalue weighted by molar-refractivity contribution is 0.0848. The highest BCUT2D eigenvalue weighted by Crippen LogP contribution is 2.35. The molecule has 3 rings (SSSR count). The number of aromatic nitrogens is 3. The Bertz CT molecular complexity index is 714. The summed E-state index contributed by atoms with van der Waals surface area (Å²) in [6, 6.07) is 2.57. The summed E-state index contributed by atoms with van der Waals surface area (Å²) in [5.41, 5.74) is 1.30. The minimum absolute atomic E-state index is 0.000527. The average molecular weight is 360 g/mol. The van der Waals surface area contributed by atoms with Crippen molar-refractivity contribution in [1.29, 1.82) is 0 Å². The van der Waals surface area contributed by atoms with Crippen LogP contribution in [0.2, 0.25) is 0 Å². The number of likely N-dealkylation sites (tertiary alicyclic amines) is 1. The minimum Gasteiger partial charge on any atom is -0.444 e. The van der Waals surface area contributed by atoms with E-state index in [9.17, 15) is 0 Å². The van der Waals surface area contributed by atoms with Crippen molar-refractivity contribution < 1.29 is 4.42 Å². The molecule has 0 aliphatic carbocycles. The predicted octanol–water partition coefficient (Wildman–Crippen LogP) is 3.22. The molecular weight excluding hydrogens is 326 g/mol. The van der Waals surface area contributed by atoms with Crippen LogP contribution < -0.4 is 0 Å². The molecule has 26 heavy (non-hydrogen) atoms.